The summed E-state index contributed by atoms with van der Waals surface area (Å²) < 4.78 is 15.2. The number of benzene rings is 2. The number of allylic oxidation sites excluding steroid dienone is 1. The fraction of sp³-hybridized carbons (Fsp3) is 0.158. The first-order valence-electron chi connectivity index (χ1n) is 7.40. The fourth-order valence-corrected chi connectivity index (χ4v) is 2.17. The molecule has 0 spiro atoms. The van der Waals surface area contributed by atoms with E-state index in [0.29, 0.717) is 11.5 Å². The van der Waals surface area contributed by atoms with Gasteiger partial charge in [-0.25, -0.2) is 0 Å². The molecule has 0 aromatic heterocycles. The number of ketones is 1. The van der Waals surface area contributed by atoms with Crippen LogP contribution in [0, 0.1) is 0 Å². The Morgan fingerprint density at radius 2 is 1.72 bits per heavy atom. The molecule has 6 nitrogen and oxygen atoms in total. The van der Waals surface area contributed by atoms with Crippen LogP contribution < -0.4 is 14.2 Å². The lowest BCUT2D eigenvalue weighted by atomic mass is 10.1. The van der Waals surface area contributed by atoms with E-state index in [0.717, 1.165) is 5.56 Å². The number of carbonyl (C=O) groups excluding carboxylic acids is 2. The molecule has 0 aliphatic heterocycles. The Hall–Kier alpha value is -3.28. The maximum absolute atomic E-state index is 12.2. The van der Waals surface area contributed by atoms with E-state index in [9.17, 15) is 14.7 Å². The Morgan fingerprint density at radius 1 is 1.00 bits per heavy atom. The monoisotopic (exact) mass is 342 g/mol. The minimum Gasteiger partial charge on any atom is -0.507 e. The summed E-state index contributed by atoms with van der Waals surface area (Å²) in [6.45, 7) is 1.25. The highest BCUT2D eigenvalue weighted by Gasteiger charge is 2.11. The number of methoxy groups -OCH3 is 2. The van der Waals surface area contributed by atoms with Crippen LogP contribution in [-0.2, 0) is 4.79 Å². The number of phenolic OH excluding ortho intramolecular Hbond substituents is 1. The molecule has 0 bridgehead atoms. The van der Waals surface area contributed by atoms with Gasteiger partial charge in [0.25, 0.3) is 0 Å². The number of hydrogen-bond donors (Lipinski definition) is 1. The number of ether oxygens (including phenoxy) is 3. The molecular formula is C19H18O6. The minimum atomic E-state index is -0.508. The van der Waals surface area contributed by atoms with E-state index in [-0.39, 0.29) is 22.8 Å². The molecule has 2 rings (SSSR count). The summed E-state index contributed by atoms with van der Waals surface area (Å²) in [5, 5.41) is 9.94. The van der Waals surface area contributed by atoms with Gasteiger partial charge in [0.05, 0.1) is 19.8 Å². The first-order valence-corrected chi connectivity index (χ1v) is 7.40. The smallest absolute Gasteiger partial charge is 0.308 e. The van der Waals surface area contributed by atoms with Crippen LogP contribution >= 0.6 is 0 Å². The van der Waals surface area contributed by atoms with Crippen LogP contribution in [-0.4, -0.2) is 31.1 Å². The molecule has 1 N–H and O–H groups in total. The van der Waals surface area contributed by atoms with Gasteiger partial charge in [-0.2, -0.15) is 0 Å². The first-order chi connectivity index (χ1) is 11.9. The summed E-state index contributed by atoms with van der Waals surface area (Å²) in [4.78, 5) is 23.1. The lowest BCUT2D eigenvalue weighted by Gasteiger charge is -2.07. The van der Waals surface area contributed by atoms with Gasteiger partial charge in [0.2, 0.25) is 0 Å². The van der Waals surface area contributed by atoms with Gasteiger partial charge in [0.15, 0.2) is 17.3 Å². The Kier molecular flexibility index (Phi) is 5.79. The second-order valence-corrected chi connectivity index (χ2v) is 5.08. The molecule has 0 unspecified atom stereocenters. The quantitative estimate of drug-likeness (QED) is 0.376. The Labute approximate surface area is 145 Å². The van der Waals surface area contributed by atoms with E-state index in [4.69, 9.17) is 14.2 Å². The summed E-state index contributed by atoms with van der Waals surface area (Å²) in [5.74, 6) is 0.148. The van der Waals surface area contributed by atoms with Gasteiger partial charge in [0.1, 0.15) is 11.5 Å². The van der Waals surface area contributed by atoms with Crippen molar-refractivity contribution in [3.8, 4) is 23.0 Å². The number of hydrogen-bond acceptors (Lipinski definition) is 6. The van der Waals surface area contributed by atoms with Crippen LogP contribution in [0.5, 0.6) is 23.0 Å². The molecule has 0 amide bonds. The van der Waals surface area contributed by atoms with E-state index in [1.165, 1.54) is 38.3 Å². The van der Waals surface area contributed by atoms with Gasteiger partial charge >= 0.3 is 5.97 Å². The van der Waals surface area contributed by atoms with Crippen molar-refractivity contribution in [2.24, 2.45) is 0 Å². The maximum Gasteiger partial charge on any atom is 0.308 e. The van der Waals surface area contributed by atoms with E-state index in [2.05, 4.69) is 0 Å². The number of carbonyl (C=O) groups is 2. The second-order valence-electron chi connectivity index (χ2n) is 5.08. The third-order valence-electron chi connectivity index (χ3n) is 3.33. The average Bonchev–Trinajstić information content (AvgIpc) is 2.58. The topological polar surface area (TPSA) is 82.1 Å². The van der Waals surface area contributed by atoms with Crippen LogP contribution in [0.15, 0.2) is 42.5 Å². The lowest BCUT2D eigenvalue weighted by molar-refractivity contribution is -0.131. The molecule has 0 saturated heterocycles. The summed E-state index contributed by atoms with van der Waals surface area (Å²) in [6, 6.07) is 9.29. The van der Waals surface area contributed by atoms with Crippen molar-refractivity contribution in [2.75, 3.05) is 14.2 Å². The van der Waals surface area contributed by atoms with Crippen molar-refractivity contribution in [1.29, 1.82) is 0 Å². The zero-order valence-corrected chi connectivity index (χ0v) is 14.1. The summed E-state index contributed by atoms with van der Waals surface area (Å²) in [5.41, 5.74) is 0.842. The third kappa shape index (κ3) is 4.60. The van der Waals surface area contributed by atoms with E-state index < -0.39 is 5.97 Å². The summed E-state index contributed by atoms with van der Waals surface area (Å²) in [6.07, 6.45) is 2.94. The second kappa shape index (κ2) is 8.01. The number of esters is 1. The normalized spacial score (nSPS) is 10.5. The van der Waals surface area contributed by atoms with E-state index in [1.807, 2.05) is 0 Å². The van der Waals surface area contributed by atoms with Crippen LogP contribution in [0.2, 0.25) is 0 Å². The first kappa shape index (κ1) is 18.1. The highest BCUT2D eigenvalue weighted by Crippen LogP contribution is 2.28. The fourth-order valence-electron chi connectivity index (χ4n) is 2.17. The highest BCUT2D eigenvalue weighted by atomic mass is 16.5. The Bertz CT molecular complexity index is 823. The standard InChI is InChI=1S/C19H18O6/c1-12(20)25-14-6-7-15(17(22)11-14)16(21)8-4-13-5-9-18(23-2)19(10-13)24-3/h4-11,22H,1-3H3/b8-4+. The molecule has 130 valence electrons. The van der Waals surface area contributed by atoms with Gasteiger partial charge in [-0.3, -0.25) is 9.59 Å². The Balaban J connectivity index is 2.19. The van der Waals surface area contributed by atoms with Gasteiger partial charge in [-0.1, -0.05) is 12.1 Å². The molecule has 0 aliphatic carbocycles. The van der Waals surface area contributed by atoms with Crippen LogP contribution in [0.25, 0.3) is 6.08 Å². The molecule has 2 aromatic rings. The molecule has 0 fully saturated rings. The predicted octanol–water partition coefficient (Wildman–Crippen LogP) is 3.23. The molecular weight excluding hydrogens is 324 g/mol. The molecule has 0 saturated carbocycles. The number of rotatable bonds is 6. The van der Waals surface area contributed by atoms with Gasteiger partial charge in [0, 0.05) is 13.0 Å². The van der Waals surface area contributed by atoms with Crippen molar-refractivity contribution in [3.05, 3.63) is 53.6 Å². The lowest BCUT2D eigenvalue weighted by Crippen LogP contribution is -2.02. The van der Waals surface area contributed by atoms with Crippen LogP contribution in [0.4, 0.5) is 0 Å². The predicted molar refractivity (Wildman–Crippen MR) is 92.3 cm³/mol. The van der Waals surface area contributed by atoms with Gasteiger partial charge in [-0.15, -0.1) is 0 Å². The maximum atomic E-state index is 12.2. The molecule has 0 atom stereocenters. The molecule has 2 aromatic carbocycles. The zero-order valence-electron chi connectivity index (χ0n) is 14.1. The van der Waals surface area contributed by atoms with Gasteiger partial charge in [-0.05, 0) is 35.9 Å². The van der Waals surface area contributed by atoms with Crippen molar-refractivity contribution in [1.82, 2.24) is 0 Å². The van der Waals surface area contributed by atoms with Crippen LogP contribution in [0.3, 0.4) is 0 Å². The third-order valence-corrected chi connectivity index (χ3v) is 3.33. The zero-order chi connectivity index (χ0) is 18.4. The van der Waals surface area contributed by atoms with Crippen LogP contribution in [0.1, 0.15) is 22.8 Å². The minimum absolute atomic E-state index is 0.104. The van der Waals surface area contributed by atoms with Crippen molar-refractivity contribution >= 4 is 17.8 Å². The van der Waals surface area contributed by atoms with Gasteiger partial charge < -0.3 is 19.3 Å². The molecule has 0 heterocycles. The van der Waals surface area contributed by atoms with E-state index >= 15 is 0 Å². The van der Waals surface area contributed by atoms with E-state index in [1.54, 1.807) is 31.4 Å². The largest absolute Gasteiger partial charge is 0.507 e. The van der Waals surface area contributed by atoms with Crippen molar-refractivity contribution in [3.63, 3.8) is 0 Å². The van der Waals surface area contributed by atoms with Crippen molar-refractivity contribution in [2.45, 2.75) is 6.92 Å². The summed E-state index contributed by atoms with van der Waals surface area (Å²) >= 11 is 0. The van der Waals surface area contributed by atoms with Crippen molar-refractivity contribution < 1.29 is 28.9 Å². The number of phenols is 1. The molecule has 25 heavy (non-hydrogen) atoms. The molecule has 6 heteroatoms. The molecule has 0 aliphatic rings. The number of aromatic hydroxyl groups is 1. The highest BCUT2D eigenvalue weighted by molar-refractivity contribution is 6.08. The summed E-state index contributed by atoms with van der Waals surface area (Å²) in [7, 11) is 3.07. The Morgan fingerprint density at radius 3 is 2.32 bits per heavy atom. The average molecular weight is 342 g/mol. The molecule has 0 radical (unpaired) electrons. The SMILES string of the molecule is COc1ccc(/C=C/C(=O)c2ccc(OC(C)=O)cc2O)cc1OC.